The Hall–Kier alpha value is -0.200. The number of halogens is 1. The van der Waals surface area contributed by atoms with Crippen molar-refractivity contribution in [3.8, 4) is 0 Å². The van der Waals surface area contributed by atoms with Crippen molar-refractivity contribution in [1.82, 2.24) is 10.2 Å². The lowest BCUT2D eigenvalue weighted by molar-refractivity contribution is -0.134. The highest BCUT2D eigenvalue weighted by atomic mass is 35.5. The SMILES string of the molecule is Cl.O=C(CN1CCOCC1)C1CNCCO1. The molecular weight excluding hydrogens is 232 g/mol. The van der Waals surface area contributed by atoms with E-state index >= 15 is 0 Å². The summed E-state index contributed by atoms with van der Waals surface area (Å²) >= 11 is 0. The van der Waals surface area contributed by atoms with E-state index in [2.05, 4.69) is 10.2 Å². The van der Waals surface area contributed by atoms with Crippen molar-refractivity contribution in [3.63, 3.8) is 0 Å². The van der Waals surface area contributed by atoms with Crippen LogP contribution >= 0.6 is 12.4 Å². The van der Waals surface area contributed by atoms with E-state index < -0.39 is 0 Å². The molecule has 2 heterocycles. The summed E-state index contributed by atoms with van der Waals surface area (Å²) in [5.41, 5.74) is 0. The Bertz CT molecular complexity index is 216. The first-order valence-electron chi connectivity index (χ1n) is 5.51. The maximum Gasteiger partial charge on any atom is 0.176 e. The minimum atomic E-state index is -0.249. The van der Waals surface area contributed by atoms with Gasteiger partial charge < -0.3 is 14.8 Å². The molecule has 0 bridgehead atoms. The normalized spacial score (nSPS) is 27.1. The fraction of sp³-hybridized carbons (Fsp3) is 0.900. The van der Waals surface area contributed by atoms with Crippen molar-refractivity contribution in [3.05, 3.63) is 0 Å². The summed E-state index contributed by atoms with van der Waals surface area (Å²) in [5, 5.41) is 3.16. The Morgan fingerprint density at radius 2 is 2.06 bits per heavy atom. The molecule has 0 amide bonds. The third kappa shape index (κ3) is 3.99. The van der Waals surface area contributed by atoms with Crippen LogP contribution in [-0.2, 0) is 14.3 Å². The molecule has 0 aliphatic carbocycles. The first-order valence-corrected chi connectivity index (χ1v) is 5.51. The zero-order valence-electron chi connectivity index (χ0n) is 9.31. The maximum absolute atomic E-state index is 11.8. The summed E-state index contributed by atoms with van der Waals surface area (Å²) in [6, 6.07) is 0. The fourth-order valence-electron chi connectivity index (χ4n) is 1.85. The van der Waals surface area contributed by atoms with E-state index in [-0.39, 0.29) is 24.3 Å². The van der Waals surface area contributed by atoms with Crippen LogP contribution in [0.25, 0.3) is 0 Å². The smallest absolute Gasteiger partial charge is 0.176 e. The van der Waals surface area contributed by atoms with Gasteiger partial charge in [-0.1, -0.05) is 0 Å². The summed E-state index contributed by atoms with van der Waals surface area (Å²) in [4.78, 5) is 13.9. The largest absolute Gasteiger partial charge is 0.379 e. The van der Waals surface area contributed by atoms with Crippen LogP contribution in [-0.4, -0.2) is 69.3 Å². The second-order valence-corrected chi connectivity index (χ2v) is 3.92. The molecule has 0 radical (unpaired) electrons. The number of nitrogens with one attached hydrogen (secondary N) is 1. The minimum absolute atomic E-state index is 0. The third-order valence-electron chi connectivity index (χ3n) is 2.77. The van der Waals surface area contributed by atoms with Gasteiger partial charge in [0, 0.05) is 26.2 Å². The highest BCUT2D eigenvalue weighted by Gasteiger charge is 2.24. The summed E-state index contributed by atoms with van der Waals surface area (Å²) in [5.74, 6) is 0.184. The van der Waals surface area contributed by atoms with Crippen LogP contribution in [0.5, 0.6) is 0 Å². The van der Waals surface area contributed by atoms with Crippen LogP contribution in [0.2, 0.25) is 0 Å². The Morgan fingerprint density at radius 1 is 1.31 bits per heavy atom. The standard InChI is InChI=1S/C10H18N2O3.ClH/c13-9(10-7-11-1-4-15-10)8-12-2-5-14-6-3-12;/h10-11H,1-8H2;1H. The topological polar surface area (TPSA) is 50.8 Å². The van der Waals surface area contributed by atoms with Gasteiger partial charge in [0.15, 0.2) is 5.78 Å². The van der Waals surface area contributed by atoms with Crippen molar-refractivity contribution >= 4 is 18.2 Å². The molecule has 94 valence electrons. The average Bonchev–Trinajstić information content (AvgIpc) is 2.31. The lowest BCUT2D eigenvalue weighted by Gasteiger charge is -2.28. The van der Waals surface area contributed by atoms with Crippen LogP contribution in [0.15, 0.2) is 0 Å². The number of ether oxygens (including phenoxy) is 2. The van der Waals surface area contributed by atoms with Gasteiger partial charge in [-0.2, -0.15) is 0 Å². The van der Waals surface area contributed by atoms with Crippen molar-refractivity contribution in [2.75, 3.05) is 52.5 Å². The molecule has 0 saturated carbocycles. The molecule has 1 unspecified atom stereocenters. The highest BCUT2D eigenvalue weighted by Crippen LogP contribution is 2.02. The van der Waals surface area contributed by atoms with Crippen LogP contribution in [0, 0.1) is 0 Å². The maximum atomic E-state index is 11.8. The monoisotopic (exact) mass is 250 g/mol. The molecule has 5 nitrogen and oxygen atoms in total. The zero-order valence-corrected chi connectivity index (χ0v) is 10.1. The number of morpholine rings is 2. The van der Waals surface area contributed by atoms with E-state index in [1.807, 2.05) is 0 Å². The molecule has 0 spiro atoms. The number of carbonyl (C=O) groups is 1. The Morgan fingerprint density at radius 3 is 2.69 bits per heavy atom. The average molecular weight is 251 g/mol. The van der Waals surface area contributed by atoms with Crippen molar-refractivity contribution in [2.24, 2.45) is 0 Å². The van der Waals surface area contributed by atoms with Crippen molar-refractivity contribution in [1.29, 1.82) is 0 Å². The molecule has 6 heteroatoms. The highest BCUT2D eigenvalue weighted by molar-refractivity contribution is 5.85. The summed E-state index contributed by atoms with van der Waals surface area (Å²) in [6.45, 7) is 5.81. The number of nitrogens with zero attached hydrogens (tertiary/aromatic N) is 1. The first-order chi connectivity index (χ1) is 7.36. The molecule has 0 aromatic heterocycles. The Labute approximate surface area is 102 Å². The third-order valence-corrected chi connectivity index (χ3v) is 2.77. The molecule has 0 aromatic rings. The fourth-order valence-corrected chi connectivity index (χ4v) is 1.85. The molecule has 16 heavy (non-hydrogen) atoms. The molecule has 1 N–H and O–H groups in total. The van der Waals surface area contributed by atoms with E-state index in [0.717, 1.165) is 32.8 Å². The number of rotatable bonds is 3. The predicted molar refractivity (Wildman–Crippen MR) is 62.1 cm³/mol. The summed E-state index contributed by atoms with van der Waals surface area (Å²) in [7, 11) is 0. The number of Topliss-reactive ketones (excluding diaryl/α,β-unsaturated/α-hetero) is 1. The molecular formula is C10H19ClN2O3. The molecule has 2 aliphatic heterocycles. The zero-order chi connectivity index (χ0) is 10.5. The Kier molecular flexibility index (Phi) is 6.23. The predicted octanol–water partition coefficient (Wildman–Crippen LogP) is -0.702. The van der Waals surface area contributed by atoms with E-state index in [9.17, 15) is 4.79 Å². The van der Waals surface area contributed by atoms with Gasteiger partial charge in [0.2, 0.25) is 0 Å². The lowest BCUT2D eigenvalue weighted by atomic mass is 10.2. The van der Waals surface area contributed by atoms with Gasteiger partial charge in [0.1, 0.15) is 6.10 Å². The summed E-state index contributed by atoms with van der Waals surface area (Å²) < 4.78 is 10.6. The molecule has 2 saturated heterocycles. The molecule has 2 aliphatic rings. The molecule has 1 atom stereocenters. The summed E-state index contributed by atoms with van der Waals surface area (Å²) in [6.07, 6.45) is -0.249. The number of hydrogen-bond acceptors (Lipinski definition) is 5. The molecule has 2 fully saturated rings. The van der Waals surface area contributed by atoms with Gasteiger partial charge in [0.05, 0.1) is 26.4 Å². The second-order valence-electron chi connectivity index (χ2n) is 3.92. The van der Waals surface area contributed by atoms with Crippen LogP contribution in [0.1, 0.15) is 0 Å². The van der Waals surface area contributed by atoms with Gasteiger partial charge in [-0.3, -0.25) is 9.69 Å². The van der Waals surface area contributed by atoms with Crippen LogP contribution in [0.4, 0.5) is 0 Å². The van der Waals surface area contributed by atoms with Crippen LogP contribution < -0.4 is 5.32 Å². The van der Waals surface area contributed by atoms with E-state index in [4.69, 9.17) is 9.47 Å². The van der Waals surface area contributed by atoms with Gasteiger partial charge in [0.25, 0.3) is 0 Å². The molecule has 0 aromatic carbocycles. The van der Waals surface area contributed by atoms with E-state index in [1.165, 1.54) is 0 Å². The van der Waals surface area contributed by atoms with Gasteiger partial charge in [-0.25, -0.2) is 0 Å². The van der Waals surface area contributed by atoms with Gasteiger partial charge in [-0.15, -0.1) is 12.4 Å². The second kappa shape index (κ2) is 7.19. The number of ketones is 1. The number of carbonyl (C=O) groups excluding carboxylic acids is 1. The van der Waals surface area contributed by atoms with E-state index in [0.29, 0.717) is 19.7 Å². The molecule has 2 rings (SSSR count). The van der Waals surface area contributed by atoms with Crippen molar-refractivity contribution in [2.45, 2.75) is 6.10 Å². The number of hydrogen-bond donors (Lipinski definition) is 1. The first kappa shape index (κ1) is 13.9. The Balaban J connectivity index is 0.00000128. The quantitative estimate of drug-likeness (QED) is 0.718. The van der Waals surface area contributed by atoms with Gasteiger partial charge in [-0.05, 0) is 0 Å². The minimum Gasteiger partial charge on any atom is -0.379 e. The van der Waals surface area contributed by atoms with Crippen molar-refractivity contribution < 1.29 is 14.3 Å². The van der Waals surface area contributed by atoms with Gasteiger partial charge >= 0.3 is 0 Å². The van der Waals surface area contributed by atoms with Crippen LogP contribution in [0.3, 0.4) is 0 Å². The lowest BCUT2D eigenvalue weighted by Crippen LogP contribution is -2.48. The van der Waals surface area contributed by atoms with E-state index in [1.54, 1.807) is 0 Å².